The van der Waals surface area contributed by atoms with Crippen LogP contribution in [0, 0.1) is 23.2 Å². The number of fused-ring (bicyclic) bond motifs is 2. The lowest BCUT2D eigenvalue weighted by Gasteiger charge is -2.36. The number of aliphatic hydroxyl groups is 1. The minimum atomic E-state index is -5.67. The molecule has 0 radical (unpaired) electrons. The molecule has 3 atom stereocenters. The number of halogens is 6. The van der Waals surface area contributed by atoms with Gasteiger partial charge in [-0.05, 0) is 55.3 Å². The van der Waals surface area contributed by atoms with Crippen molar-refractivity contribution in [2.75, 3.05) is 13.7 Å². The Kier molecular flexibility index (Phi) is 7.47. The van der Waals surface area contributed by atoms with Gasteiger partial charge in [-0.25, -0.2) is 0 Å². The highest BCUT2D eigenvalue weighted by Crippen LogP contribution is 2.55. The Bertz CT molecular complexity index is 430. The number of methoxy groups -OCH3 is 1. The Hall–Kier alpha value is -0.500. The SMILES string of the molecule is CCC(C)(C)COC.OC(CC1CC2CCC1C2)(C(F)(F)F)C(F)(F)F. The quantitative estimate of drug-likeness (QED) is 0.605. The minimum absolute atomic E-state index is 0.0915. The van der Waals surface area contributed by atoms with E-state index in [0.717, 1.165) is 13.0 Å². The molecule has 2 nitrogen and oxygen atoms in total. The van der Waals surface area contributed by atoms with Gasteiger partial charge in [-0.3, -0.25) is 0 Å². The fraction of sp³-hybridized carbons (Fsp3) is 1.00. The first-order chi connectivity index (χ1) is 11.7. The zero-order valence-corrected chi connectivity index (χ0v) is 15.8. The van der Waals surface area contributed by atoms with Gasteiger partial charge in [0.15, 0.2) is 0 Å². The second-order valence-electron chi connectivity index (χ2n) is 8.45. The number of rotatable bonds is 5. The summed E-state index contributed by atoms with van der Waals surface area (Å²) in [6, 6.07) is 0. The van der Waals surface area contributed by atoms with Crippen LogP contribution in [0.3, 0.4) is 0 Å². The van der Waals surface area contributed by atoms with Crippen molar-refractivity contribution in [2.45, 2.75) is 77.2 Å². The van der Waals surface area contributed by atoms with Crippen LogP contribution in [0.2, 0.25) is 0 Å². The molecule has 2 aliphatic carbocycles. The first kappa shape index (κ1) is 23.5. The van der Waals surface area contributed by atoms with Crippen LogP contribution in [0.1, 0.15) is 59.3 Å². The summed E-state index contributed by atoms with van der Waals surface area (Å²) >= 11 is 0. The van der Waals surface area contributed by atoms with Gasteiger partial charge in [0, 0.05) is 7.11 Å². The Morgan fingerprint density at radius 3 is 1.77 bits per heavy atom. The lowest BCUT2D eigenvalue weighted by atomic mass is 9.79. The summed E-state index contributed by atoms with van der Waals surface area (Å²) in [6.07, 6.45) is -8.77. The van der Waals surface area contributed by atoms with Crippen molar-refractivity contribution in [3.05, 3.63) is 0 Å². The van der Waals surface area contributed by atoms with Gasteiger partial charge in [0.05, 0.1) is 6.61 Å². The standard InChI is InChI=1S/C11H14F6O.C7H16O/c12-10(13,14)9(18,11(15,16)17)5-8-4-6-1-2-7(8)3-6;1-5-7(2,3)6-8-4/h6-8,18H,1-5H2;5-6H2,1-4H3. The highest BCUT2D eigenvalue weighted by atomic mass is 19.4. The Balaban J connectivity index is 0.000000359. The second kappa shape index (κ2) is 8.25. The molecule has 0 saturated heterocycles. The highest BCUT2D eigenvalue weighted by Gasteiger charge is 2.71. The van der Waals surface area contributed by atoms with Gasteiger partial charge in [-0.15, -0.1) is 0 Å². The largest absolute Gasteiger partial charge is 0.426 e. The van der Waals surface area contributed by atoms with Crippen molar-refractivity contribution >= 4 is 0 Å². The summed E-state index contributed by atoms with van der Waals surface area (Å²) < 4.78 is 80.2. The van der Waals surface area contributed by atoms with Crippen molar-refractivity contribution in [1.29, 1.82) is 0 Å². The number of hydrogen-bond donors (Lipinski definition) is 1. The molecule has 0 heterocycles. The van der Waals surface area contributed by atoms with Gasteiger partial charge < -0.3 is 9.84 Å². The lowest BCUT2D eigenvalue weighted by molar-refractivity contribution is -0.373. The van der Waals surface area contributed by atoms with Crippen molar-refractivity contribution in [3.63, 3.8) is 0 Å². The van der Waals surface area contributed by atoms with E-state index >= 15 is 0 Å². The summed E-state index contributed by atoms with van der Waals surface area (Å²) in [7, 11) is 1.75. The van der Waals surface area contributed by atoms with Gasteiger partial charge in [0.1, 0.15) is 0 Å². The van der Waals surface area contributed by atoms with Crippen molar-refractivity contribution in [1.82, 2.24) is 0 Å². The topological polar surface area (TPSA) is 29.5 Å². The third kappa shape index (κ3) is 5.50. The maximum absolute atomic E-state index is 12.5. The van der Waals surface area contributed by atoms with Crippen LogP contribution in [0.15, 0.2) is 0 Å². The summed E-state index contributed by atoms with van der Waals surface area (Å²) in [5.41, 5.74) is -4.19. The summed E-state index contributed by atoms with van der Waals surface area (Å²) in [5.74, 6) is -0.519. The van der Waals surface area contributed by atoms with Crippen molar-refractivity contribution < 1.29 is 36.2 Å². The van der Waals surface area contributed by atoms with Crippen LogP contribution >= 0.6 is 0 Å². The molecule has 26 heavy (non-hydrogen) atoms. The predicted octanol–water partition coefficient (Wildman–Crippen LogP) is 5.74. The third-order valence-corrected chi connectivity index (χ3v) is 5.87. The van der Waals surface area contributed by atoms with E-state index in [0.29, 0.717) is 24.7 Å². The normalized spacial score (nSPS) is 26.7. The fourth-order valence-corrected chi connectivity index (χ4v) is 3.89. The Morgan fingerprint density at radius 1 is 0.962 bits per heavy atom. The molecule has 0 spiro atoms. The molecular formula is C18H30F6O2. The van der Waals surface area contributed by atoms with E-state index < -0.39 is 30.3 Å². The molecule has 0 aromatic heterocycles. The molecule has 2 saturated carbocycles. The molecule has 2 aliphatic rings. The molecule has 2 rings (SSSR count). The molecule has 2 bridgehead atoms. The zero-order chi connectivity index (χ0) is 20.4. The maximum atomic E-state index is 12.5. The van der Waals surface area contributed by atoms with Gasteiger partial charge >= 0.3 is 12.4 Å². The van der Waals surface area contributed by atoms with E-state index in [2.05, 4.69) is 20.8 Å². The van der Waals surface area contributed by atoms with Gasteiger partial charge in [-0.2, -0.15) is 26.3 Å². The van der Waals surface area contributed by atoms with Crippen molar-refractivity contribution in [3.8, 4) is 0 Å². The van der Waals surface area contributed by atoms with E-state index in [1.807, 2.05) is 0 Å². The molecule has 0 aromatic carbocycles. The Morgan fingerprint density at radius 2 is 1.50 bits per heavy atom. The number of hydrogen-bond acceptors (Lipinski definition) is 2. The average molecular weight is 392 g/mol. The van der Waals surface area contributed by atoms with Gasteiger partial charge in [0.25, 0.3) is 5.60 Å². The number of ether oxygens (including phenoxy) is 1. The van der Waals surface area contributed by atoms with Crippen LogP contribution < -0.4 is 0 Å². The minimum Gasteiger partial charge on any atom is -0.384 e. The Labute approximate surface area is 151 Å². The van der Waals surface area contributed by atoms with E-state index in [-0.39, 0.29) is 11.8 Å². The maximum Gasteiger partial charge on any atom is 0.426 e. The first-order valence-corrected chi connectivity index (χ1v) is 9.01. The second-order valence-corrected chi connectivity index (χ2v) is 8.45. The molecule has 1 N–H and O–H groups in total. The van der Waals surface area contributed by atoms with E-state index in [1.165, 1.54) is 6.42 Å². The zero-order valence-electron chi connectivity index (χ0n) is 15.8. The molecule has 2 fully saturated rings. The number of alkyl halides is 6. The molecular weight excluding hydrogens is 362 g/mol. The van der Waals surface area contributed by atoms with E-state index in [4.69, 9.17) is 9.84 Å². The summed E-state index contributed by atoms with van der Waals surface area (Å²) in [5, 5.41) is 9.12. The first-order valence-electron chi connectivity index (χ1n) is 9.01. The van der Waals surface area contributed by atoms with Crippen LogP contribution in [-0.2, 0) is 4.74 Å². The van der Waals surface area contributed by atoms with E-state index in [1.54, 1.807) is 7.11 Å². The molecule has 3 unspecified atom stereocenters. The molecule has 0 aromatic rings. The third-order valence-electron chi connectivity index (χ3n) is 5.87. The van der Waals surface area contributed by atoms with Crippen molar-refractivity contribution in [2.24, 2.45) is 23.2 Å². The van der Waals surface area contributed by atoms with E-state index in [9.17, 15) is 26.3 Å². The summed E-state index contributed by atoms with van der Waals surface area (Å²) in [4.78, 5) is 0. The monoisotopic (exact) mass is 392 g/mol. The lowest BCUT2D eigenvalue weighted by Crippen LogP contribution is -2.58. The highest BCUT2D eigenvalue weighted by molar-refractivity contribution is 5.00. The van der Waals surface area contributed by atoms with Gasteiger partial charge in [0.2, 0.25) is 0 Å². The molecule has 0 amide bonds. The average Bonchev–Trinajstić information content (AvgIpc) is 3.08. The molecule has 0 aliphatic heterocycles. The molecule has 156 valence electrons. The van der Waals surface area contributed by atoms with Crippen LogP contribution in [0.5, 0.6) is 0 Å². The summed E-state index contributed by atoms with van der Waals surface area (Å²) in [6.45, 7) is 7.45. The van der Waals surface area contributed by atoms with Crippen LogP contribution in [0.25, 0.3) is 0 Å². The van der Waals surface area contributed by atoms with Crippen LogP contribution in [0.4, 0.5) is 26.3 Å². The fourth-order valence-electron chi connectivity index (χ4n) is 3.89. The smallest absolute Gasteiger partial charge is 0.384 e. The molecule has 8 heteroatoms. The predicted molar refractivity (Wildman–Crippen MR) is 86.6 cm³/mol. The van der Waals surface area contributed by atoms with Crippen LogP contribution in [-0.4, -0.2) is 36.8 Å². The van der Waals surface area contributed by atoms with Gasteiger partial charge in [-0.1, -0.05) is 27.2 Å².